The lowest BCUT2D eigenvalue weighted by Crippen LogP contribution is -1.97. The van der Waals surface area contributed by atoms with Gasteiger partial charge in [-0.05, 0) is 11.2 Å². The lowest BCUT2D eigenvalue weighted by Gasteiger charge is -1.82. The zero-order chi connectivity index (χ0) is 11.7. The second-order valence-electron chi connectivity index (χ2n) is 2.62. The molecule has 0 radical (unpaired) electrons. The van der Waals surface area contributed by atoms with Crippen LogP contribution in [-0.2, 0) is 0 Å². The largest absolute Gasteiger partial charge is 0.475 e. The van der Waals surface area contributed by atoms with E-state index in [0.29, 0.717) is 4.88 Å². The van der Waals surface area contributed by atoms with Gasteiger partial charge in [0.25, 0.3) is 11.7 Å². The van der Waals surface area contributed by atoms with E-state index in [1.807, 2.05) is 0 Å². The molecule has 9 heteroatoms. The number of thiophene rings is 1. The number of carboxylic acid groups (broad SMARTS) is 1. The van der Waals surface area contributed by atoms with Crippen molar-refractivity contribution in [2.75, 3.05) is 0 Å². The molecule has 8 nitrogen and oxygen atoms in total. The van der Waals surface area contributed by atoms with Gasteiger partial charge in [-0.1, -0.05) is 11.3 Å². The van der Waals surface area contributed by atoms with Crippen molar-refractivity contribution in [2.24, 2.45) is 0 Å². The van der Waals surface area contributed by atoms with E-state index in [2.05, 4.69) is 14.7 Å². The van der Waals surface area contributed by atoms with Crippen molar-refractivity contribution < 1.29 is 19.3 Å². The van der Waals surface area contributed by atoms with E-state index in [9.17, 15) is 14.9 Å². The lowest BCUT2D eigenvalue weighted by molar-refractivity contribution is -0.380. The first-order valence-electron chi connectivity index (χ1n) is 3.89. The van der Waals surface area contributed by atoms with Crippen LogP contribution >= 0.6 is 11.3 Å². The van der Waals surface area contributed by atoms with Crippen LogP contribution in [0.25, 0.3) is 10.8 Å². The number of aromatic carboxylic acids is 1. The molecule has 0 amide bonds. The van der Waals surface area contributed by atoms with Crippen molar-refractivity contribution in [3.63, 3.8) is 0 Å². The van der Waals surface area contributed by atoms with Crippen LogP contribution in [0.2, 0.25) is 0 Å². The predicted molar refractivity (Wildman–Crippen MR) is 51.2 cm³/mol. The number of aromatic nitrogens is 2. The Morgan fingerprint density at radius 3 is 2.81 bits per heavy atom. The van der Waals surface area contributed by atoms with E-state index in [0.717, 1.165) is 11.3 Å². The molecule has 0 saturated carbocycles. The summed E-state index contributed by atoms with van der Waals surface area (Å²) in [7, 11) is 0. The number of nitrogens with zero attached hydrogens (tertiary/aromatic N) is 3. The van der Waals surface area contributed by atoms with Crippen LogP contribution in [0.15, 0.2) is 16.7 Å². The predicted octanol–water partition coefficient (Wildman–Crippen LogP) is 1.40. The number of rotatable bonds is 3. The van der Waals surface area contributed by atoms with Crippen LogP contribution in [0.3, 0.4) is 0 Å². The lowest BCUT2D eigenvalue weighted by atomic mass is 10.4. The minimum Gasteiger partial charge on any atom is -0.475 e. The number of carboxylic acids is 1. The molecule has 2 aromatic rings. The molecule has 2 aromatic heterocycles. The monoisotopic (exact) mass is 241 g/mol. The molecule has 0 aromatic carbocycles. The third-order valence-corrected chi connectivity index (χ3v) is 2.62. The molecule has 0 atom stereocenters. The van der Waals surface area contributed by atoms with E-state index in [-0.39, 0.29) is 10.9 Å². The summed E-state index contributed by atoms with van der Waals surface area (Å²) in [5.74, 6) is -1.84. The highest BCUT2D eigenvalue weighted by Gasteiger charge is 2.18. The van der Waals surface area contributed by atoms with E-state index in [1.165, 1.54) is 12.1 Å². The van der Waals surface area contributed by atoms with Crippen LogP contribution in [0, 0.1) is 10.1 Å². The third-order valence-electron chi connectivity index (χ3n) is 1.60. The van der Waals surface area contributed by atoms with Gasteiger partial charge in [-0.3, -0.25) is 10.1 Å². The molecule has 0 spiro atoms. The fraction of sp³-hybridized carbons (Fsp3) is 0. The van der Waals surface area contributed by atoms with Crippen LogP contribution in [0.5, 0.6) is 0 Å². The smallest absolute Gasteiger partial charge is 0.377 e. The molecule has 2 rings (SSSR count). The van der Waals surface area contributed by atoms with Gasteiger partial charge in [-0.15, -0.1) is 0 Å². The summed E-state index contributed by atoms with van der Waals surface area (Å²) in [6.45, 7) is 0. The summed E-state index contributed by atoms with van der Waals surface area (Å²) in [6, 6.07) is 2.70. The van der Waals surface area contributed by atoms with E-state index < -0.39 is 16.7 Å². The zero-order valence-corrected chi connectivity index (χ0v) is 8.30. The molecule has 82 valence electrons. The minimum atomic E-state index is -1.32. The Morgan fingerprint density at radius 1 is 1.56 bits per heavy atom. The van der Waals surface area contributed by atoms with Gasteiger partial charge in [0.15, 0.2) is 0 Å². The SMILES string of the molecule is O=C(O)c1noc(-c2ccc([N+](=O)[O-])s2)n1. The fourth-order valence-corrected chi connectivity index (χ4v) is 1.69. The molecule has 0 bridgehead atoms. The minimum absolute atomic E-state index is 0.0458. The zero-order valence-electron chi connectivity index (χ0n) is 7.48. The molecule has 0 aliphatic carbocycles. The van der Waals surface area contributed by atoms with Crippen molar-refractivity contribution in [3.05, 3.63) is 28.1 Å². The van der Waals surface area contributed by atoms with Gasteiger partial charge < -0.3 is 9.63 Å². The van der Waals surface area contributed by atoms with E-state index in [1.54, 1.807) is 0 Å². The Labute approximate surface area is 91.3 Å². The van der Waals surface area contributed by atoms with E-state index in [4.69, 9.17) is 5.11 Å². The average molecular weight is 241 g/mol. The standard InChI is InChI=1S/C7H3N3O5S/c11-7(12)5-8-6(15-9-5)3-1-2-4(16-3)10(13)14/h1-2H,(H,11,12). The van der Waals surface area contributed by atoms with Gasteiger partial charge >= 0.3 is 11.0 Å². The summed E-state index contributed by atoms with van der Waals surface area (Å²) in [4.78, 5) is 24.2. The summed E-state index contributed by atoms with van der Waals surface area (Å²) in [5, 5.41) is 22.1. The molecule has 0 aliphatic rings. The first-order valence-corrected chi connectivity index (χ1v) is 4.71. The molecule has 0 unspecified atom stereocenters. The quantitative estimate of drug-likeness (QED) is 0.636. The van der Waals surface area contributed by atoms with Gasteiger partial charge in [0.1, 0.15) is 0 Å². The number of hydrogen-bond acceptors (Lipinski definition) is 7. The van der Waals surface area contributed by atoms with Crippen LogP contribution in [0.1, 0.15) is 10.6 Å². The van der Waals surface area contributed by atoms with Crippen molar-refractivity contribution in [1.82, 2.24) is 10.1 Å². The third kappa shape index (κ3) is 1.75. The van der Waals surface area contributed by atoms with Crippen LogP contribution in [0.4, 0.5) is 5.00 Å². The Kier molecular flexibility index (Phi) is 2.37. The normalized spacial score (nSPS) is 10.2. The summed E-state index contributed by atoms with van der Waals surface area (Å²) in [6.07, 6.45) is 0. The molecule has 2 heterocycles. The Bertz CT molecular complexity index is 510. The first kappa shape index (κ1) is 10.2. The maximum atomic E-state index is 10.5. The van der Waals surface area contributed by atoms with Crippen molar-refractivity contribution in [1.29, 1.82) is 0 Å². The van der Waals surface area contributed by atoms with Crippen LogP contribution < -0.4 is 0 Å². The highest BCUT2D eigenvalue weighted by molar-refractivity contribution is 7.18. The van der Waals surface area contributed by atoms with Crippen molar-refractivity contribution >= 4 is 22.3 Å². The fourth-order valence-electron chi connectivity index (χ4n) is 0.951. The number of carbonyl (C=O) groups is 1. The first-order chi connectivity index (χ1) is 7.58. The maximum absolute atomic E-state index is 10.5. The van der Waals surface area contributed by atoms with E-state index >= 15 is 0 Å². The molecule has 16 heavy (non-hydrogen) atoms. The molecule has 0 aliphatic heterocycles. The van der Waals surface area contributed by atoms with Gasteiger partial charge in [0.2, 0.25) is 0 Å². The molecule has 1 N–H and O–H groups in total. The Hall–Kier alpha value is -2.29. The van der Waals surface area contributed by atoms with Gasteiger partial charge in [-0.25, -0.2) is 4.79 Å². The molecular formula is C7H3N3O5S. The highest BCUT2D eigenvalue weighted by Crippen LogP contribution is 2.31. The number of nitro groups is 1. The van der Waals surface area contributed by atoms with Crippen molar-refractivity contribution in [3.8, 4) is 10.8 Å². The van der Waals surface area contributed by atoms with Gasteiger partial charge in [0.05, 0.1) is 9.80 Å². The Morgan fingerprint density at radius 2 is 2.31 bits per heavy atom. The summed E-state index contributed by atoms with van der Waals surface area (Å²) >= 11 is 0.831. The maximum Gasteiger partial charge on any atom is 0.377 e. The molecule has 0 saturated heterocycles. The highest BCUT2D eigenvalue weighted by atomic mass is 32.1. The second-order valence-corrected chi connectivity index (χ2v) is 3.69. The number of hydrogen-bond donors (Lipinski definition) is 1. The molecular weight excluding hydrogens is 238 g/mol. The molecule has 0 fully saturated rings. The van der Waals surface area contributed by atoms with Gasteiger partial charge in [-0.2, -0.15) is 4.98 Å². The van der Waals surface area contributed by atoms with Gasteiger partial charge in [0, 0.05) is 6.07 Å². The average Bonchev–Trinajstić information content (AvgIpc) is 2.86. The summed E-state index contributed by atoms with van der Waals surface area (Å²) < 4.78 is 4.65. The second kappa shape index (κ2) is 3.70. The topological polar surface area (TPSA) is 119 Å². The summed E-state index contributed by atoms with van der Waals surface area (Å²) in [5.41, 5.74) is 0. The van der Waals surface area contributed by atoms with Crippen LogP contribution in [-0.4, -0.2) is 26.1 Å². The van der Waals surface area contributed by atoms with Crippen molar-refractivity contribution in [2.45, 2.75) is 0 Å². The Balaban J connectivity index is 2.35.